The first-order valence-corrected chi connectivity index (χ1v) is 5.92. The molecule has 2 N–H and O–H groups in total. The van der Waals surface area contributed by atoms with Gasteiger partial charge in [-0.1, -0.05) is 6.07 Å². The Morgan fingerprint density at radius 1 is 1.44 bits per heavy atom. The molecule has 0 aliphatic heterocycles. The Hall–Kier alpha value is -2.11. The lowest BCUT2D eigenvalue weighted by Gasteiger charge is -2.07. The normalized spacial score (nSPS) is 10.9. The maximum Gasteiger partial charge on any atom is 0.243 e. The molecule has 6 nitrogen and oxygen atoms in total. The lowest BCUT2D eigenvalue weighted by Crippen LogP contribution is -2.35. The van der Waals surface area contributed by atoms with E-state index in [0.717, 1.165) is 11.3 Å². The molecule has 2 heterocycles. The molecule has 96 valence electrons. The van der Waals surface area contributed by atoms with Gasteiger partial charge in [0.25, 0.3) is 0 Å². The summed E-state index contributed by atoms with van der Waals surface area (Å²) in [6.07, 6.45) is 0. The SMILES string of the molecule is Cc1cccc2nc(NCC(=O)NC(C)C)nn12. The zero-order valence-electron chi connectivity index (χ0n) is 10.8. The fourth-order valence-electron chi connectivity index (χ4n) is 1.64. The number of hydrogen-bond donors (Lipinski definition) is 2. The van der Waals surface area contributed by atoms with Gasteiger partial charge in [-0.05, 0) is 32.9 Å². The van der Waals surface area contributed by atoms with E-state index in [1.54, 1.807) is 4.52 Å². The van der Waals surface area contributed by atoms with E-state index in [4.69, 9.17) is 0 Å². The highest BCUT2D eigenvalue weighted by molar-refractivity contribution is 5.80. The fraction of sp³-hybridized carbons (Fsp3) is 0.417. The second-order valence-corrected chi connectivity index (χ2v) is 4.45. The molecule has 0 atom stereocenters. The van der Waals surface area contributed by atoms with Crippen molar-refractivity contribution in [3.05, 3.63) is 23.9 Å². The number of pyridine rings is 1. The molecular weight excluding hydrogens is 230 g/mol. The lowest BCUT2D eigenvalue weighted by atomic mass is 10.4. The third kappa shape index (κ3) is 2.77. The Labute approximate surface area is 105 Å². The van der Waals surface area contributed by atoms with Crippen LogP contribution in [0.25, 0.3) is 5.65 Å². The van der Waals surface area contributed by atoms with E-state index in [9.17, 15) is 4.79 Å². The highest BCUT2D eigenvalue weighted by Crippen LogP contribution is 2.07. The molecule has 2 rings (SSSR count). The van der Waals surface area contributed by atoms with Gasteiger partial charge in [-0.25, -0.2) is 4.52 Å². The Morgan fingerprint density at radius 3 is 2.89 bits per heavy atom. The number of hydrogen-bond acceptors (Lipinski definition) is 4. The van der Waals surface area contributed by atoms with Crippen LogP contribution in [0.4, 0.5) is 5.95 Å². The van der Waals surface area contributed by atoms with Gasteiger partial charge in [-0.2, -0.15) is 4.98 Å². The van der Waals surface area contributed by atoms with Crippen LogP contribution in [0.1, 0.15) is 19.5 Å². The maximum absolute atomic E-state index is 11.5. The van der Waals surface area contributed by atoms with Gasteiger partial charge in [0.1, 0.15) is 0 Å². The maximum atomic E-state index is 11.5. The van der Waals surface area contributed by atoms with Crippen molar-refractivity contribution >= 4 is 17.5 Å². The summed E-state index contributed by atoms with van der Waals surface area (Å²) < 4.78 is 1.74. The molecule has 0 bridgehead atoms. The van der Waals surface area contributed by atoms with Crippen molar-refractivity contribution in [3.63, 3.8) is 0 Å². The molecule has 0 spiro atoms. The van der Waals surface area contributed by atoms with Gasteiger partial charge in [0, 0.05) is 11.7 Å². The van der Waals surface area contributed by atoms with E-state index in [-0.39, 0.29) is 18.5 Å². The lowest BCUT2D eigenvalue weighted by molar-refractivity contribution is -0.119. The number of aryl methyl sites for hydroxylation is 1. The van der Waals surface area contributed by atoms with Crippen LogP contribution in [0.2, 0.25) is 0 Å². The fourth-order valence-corrected chi connectivity index (χ4v) is 1.64. The van der Waals surface area contributed by atoms with E-state index in [1.165, 1.54) is 0 Å². The van der Waals surface area contributed by atoms with Crippen LogP contribution in [0.15, 0.2) is 18.2 Å². The van der Waals surface area contributed by atoms with Crippen LogP contribution >= 0.6 is 0 Å². The van der Waals surface area contributed by atoms with Crippen LogP contribution < -0.4 is 10.6 Å². The largest absolute Gasteiger partial charge is 0.352 e. The molecule has 0 saturated heterocycles. The van der Waals surface area contributed by atoms with E-state index in [1.807, 2.05) is 39.0 Å². The van der Waals surface area contributed by atoms with Gasteiger partial charge in [-0.3, -0.25) is 4.79 Å². The van der Waals surface area contributed by atoms with Crippen molar-refractivity contribution < 1.29 is 4.79 Å². The van der Waals surface area contributed by atoms with Gasteiger partial charge in [0.05, 0.1) is 6.54 Å². The quantitative estimate of drug-likeness (QED) is 0.844. The number of nitrogens with one attached hydrogen (secondary N) is 2. The van der Waals surface area contributed by atoms with E-state index in [0.29, 0.717) is 5.95 Å². The summed E-state index contributed by atoms with van der Waals surface area (Å²) in [7, 11) is 0. The average molecular weight is 247 g/mol. The molecular formula is C12H17N5O. The molecule has 0 aliphatic carbocycles. The van der Waals surface area contributed by atoms with Crippen molar-refractivity contribution in [1.82, 2.24) is 19.9 Å². The second kappa shape index (κ2) is 5.03. The Bertz CT molecular complexity index is 561. The number of nitrogens with zero attached hydrogens (tertiary/aromatic N) is 3. The van der Waals surface area contributed by atoms with Crippen molar-refractivity contribution in [2.45, 2.75) is 26.8 Å². The van der Waals surface area contributed by atoms with Crippen LogP contribution in [-0.2, 0) is 4.79 Å². The van der Waals surface area contributed by atoms with E-state index < -0.39 is 0 Å². The molecule has 18 heavy (non-hydrogen) atoms. The minimum Gasteiger partial charge on any atom is -0.352 e. The van der Waals surface area contributed by atoms with Crippen molar-refractivity contribution in [3.8, 4) is 0 Å². The Balaban J connectivity index is 2.04. The van der Waals surface area contributed by atoms with Gasteiger partial charge in [-0.15, -0.1) is 5.10 Å². The monoisotopic (exact) mass is 247 g/mol. The summed E-state index contributed by atoms with van der Waals surface area (Å²) in [5.41, 5.74) is 1.77. The molecule has 0 aromatic carbocycles. The predicted molar refractivity (Wildman–Crippen MR) is 69.5 cm³/mol. The number of rotatable bonds is 4. The molecule has 0 aliphatic rings. The minimum absolute atomic E-state index is 0.0689. The predicted octanol–water partition coefficient (Wildman–Crippen LogP) is 0.974. The smallest absolute Gasteiger partial charge is 0.243 e. The number of anilines is 1. The first kappa shape index (κ1) is 12.3. The second-order valence-electron chi connectivity index (χ2n) is 4.45. The third-order valence-electron chi connectivity index (χ3n) is 2.41. The molecule has 0 fully saturated rings. The van der Waals surface area contributed by atoms with Gasteiger partial charge >= 0.3 is 0 Å². The van der Waals surface area contributed by atoms with Crippen LogP contribution in [0.3, 0.4) is 0 Å². The zero-order chi connectivity index (χ0) is 13.1. The van der Waals surface area contributed by atoms with Gasteiger partial charge in [0.2, 0.25) is 11.9 Å². The molecule has 2 aromatic rings. The van der Waals surface area contributed by atoms with Crippen molar-refractivity contribution in [2.24, 2.45) is 0 Å². The van der Waals surface area contributed by atoms with E-state index in [2.05, 4.69) is 20.7 Å². The highest BCUT2D eigenvalue weighted by Gasteiger charge is 2.07. The van der Waals surface area contributed by atoms with Crippen LogP contribution in [0.5, 0.6) is 0 Å². The molecule has 0 saturated carbocycles. The Kier molecular flexibility index (Phi) is 3.45. The highest BCUT2D eigenvalue weighted by atomic mass is 16.1. The van der Waals surface area contributed by atoms with Gasteiger partial charge < -0.3 is 10.6 Å². The van der Waals surface area contributed by atoms with E-state index >= 15 is 0 Å². The van der Waals surface area contributed by atoms with Crippen molar-refractivity contribution in [2.75, 3.05) is 11.9 Å². The van der Waals surface area contributed by atoms with Crippen molar-refractivity contribution in [1.29, 1.82) is 0 Å². The number of amides is 1. The van der Waals surface area contributed by atoms with Crippen LogP contribution in [-0.4, -0.2) is 33.1 Å². The minimum atomic E-state index is -0.0689. The third-order valence-corrected chi connectivity index (χ3v) is 2.41. The number of carbonyl (C=O) groups is 1. The molecule has 6 heteroatoms. The van der Waals surface area contributed by atoms with Gasteiger partial charge in [0.15, 0.2) is 5.65 Å². The first-order valence-electron chi connectivity index (χ1n) is 5.92. The molecule has 0 radical (unpaired) electrons. The molecule has 1 amide bonds. The van der Waals surface area contributed by atoms with Crippen LogP contribution in [0, 0.1) is 6.92 Å². The number of aromatic nitrogens is 3. The summed E-state index contributed by atoms with van der Waals surface area (Å²) in [4.78, 5) is 15.8. The molecule has 0 unspecified atom stereocenters. The standard InChI is InChI=1S/C12H17N5O/c1-8(2)14-11(18)7-13-12-15-10-6-4-5-9(3)17(10)16-12/h4-6,8H,7H2,1-3H3,(H,13,16)(H,14,18). The number of carbonyl (C=O) groups excluding carboxylic acids is 1. The summed E-state index contributed by atoms with van der Waals surface area (Å²) >= 11 is 0. The Morgan fingerprint density at radius 2 is 2.22 bits per heavy atom. The summed E-state index contributed by atoms with van der Waals surface area (Å²) in [5, 5.41) is 9.98. The first-order chi connectivity index (χ1) is 8.56. The molecule has 2 aromatic heterocycles. The summed E-state index contributed by atoms with van der Waals surface area (Å²) in [6, 6.07) is 5.89. The topological polar surface area (TPSA) is 71.3 Å². The zero-order valence-corrected chi connectivity index (χ0v) is 10.8. The summed E-state index contributed by atoms with van der Waals surface area (Å²) in [5.74, 6) is 0.392. The summed E-state index contributed by atoms with van der Waals surface area (Å²) in [6.45, 7) is 5.97. The number of fused-ring (bicyclic) bond motifs is 1. The average Bonchev–Trinajstić information content (AvgIpc) is 2.70.